The molecule has 0 bridgehead atoms. The molecule has 12 heavy (non-hydrogen) atoms. The Morgan fingerprint density at radius 1 is 1.17 bits per heavy atom. The van der Waals surface area contributed by atoms with Crippen LogP contribution in [0.3, 0.4) is 0 Å². The molecule has 0 unspecified atom stereocenters. The molecule has 0 amide bonds. The second kappa shape index (κ2) is 3.61. The largest absolute Gasteiger partial charge is 0.673 e. The van der Waals surface area contributed by atoms with Crippen LogP contribution in [-0.4, -0.2) is 32.3 Å². The molecule has 0 aliphatic carbocycles. The summed E-state index contributed by atoms with van der Waals surface area (Å²) in [6.07, 6.45) is 1.65. The fourth-order valence-electron chi connectivity index (χ4n) is 0.299. The van der Waals surface area contributed by atoms with Crippen molar-refractivity contribution in [2.75, 3.05) is 14.1 Å². The molecule has 0 aromatic heterocycles. The van der Waals surface area contributed by atoms with Crippen molar-refractivity contribution >= 4 is 13.6 Å². The first-order valence-corrected chi connectivity index (χ1v) is 2.88. The Balaban J connectivity index is 0.000000217. The summed E-state index contributed by atoms with van der Waals surface area (Å²) in [5.41, 5.74) is 0. The second-order valence-electron chi connectivity index (χ2n) is 2.38. The molecular formula is C3H7BF4N4. The lowest BCUT2D eigenvalue weighted by molar-refractivity contribution is -0.800. The van der Waals surface area contributed by atoms with Gasteiger partial charge in [-0.1, -0.05) is 5.10 Å². The summed E-state index contributed by atoms with van der Waals surface area (Å²) in [4.78, 5) is 0. The van der Waals surface area contributed by atoms with Gasteiger partial charge in [0.1, 0.15) is 14.1 Å². The van der Waals surface area contributed by atoms with E-state index in [1.807, 2.05) is 14.1 Å². The zero-order valence-corrected chi connectivity index (χ0v) is 6.46. The standard InChI is InChI=1S/C3H7N4.BF4/c1-7(2)3-4-5-6-7;2-1(3,4)5/h3H,1-2H3;/q+1;-1. The zero-order chi connectivity index (χ0) is 9.83. The lowest BCUT2D eigenvalue weighted by atomic mass is 10.3. The lowest BCUT2D eigenvalue weighted by Crippen LogP contribution is -2.28. The number of rotatable bonds is 0. The Morgan fingerprint density at radius 2 is 1.58 bits per heavy atom. The van der Waals surface area contributed by atoms with E-state index in [2.05, 4.69) is 15.5 Å². The fourth-order valence-corrected chi connectivity index (χ4v) is 0.299. The normalized spacial score (nSPS) is 18.8. The lowest BCUT2D eigenvalue weighted by Gasteiger charge is -2.05. The summed E-state index contributed by atoms with van der Waals surface area (Å²) in [6, 6.07) is 0. The van der Waals surface area contributed by atoms with Crippen molar-refractivity contribution in [3.8, 4) is 0 Å². The minimum absolute atomic E-state index is 0.417. The molecule has 1 aliphatic rings. The van der Waals surface area contributed by atoms with Gasteiger partial charge >= 0.3 is 7.25 Å². The third-order valence-electron chi connectivity index (χ3n) is 0.656. The highest BCUT2D eigenvalue weighted by molar-refractivity contribution is 6.50. The Labute approximate surface area is 66.2 Å². The van der Waals surface area contributed by atoms with Crippen LogP contribution in [0.1, 0.15) is 0 Å². The Hall–Kier alpha value is -0.985. The van der Waals surface area contributed by atoms with Gasteiger partial charge in [0.25, 0.3) is 0 Å². The van der Waals surface area contributed by atoms with Crippen molar-refractivity contribution in [1.82, 2.24) is 0 Å². The molecule has 0 saturated heterocycles. The smallest absolute Gasteiger partial charge is 0.418 e. The summed E-state index contributed by atoms with van der Waals surface area (Å²) in [5.74, 6) is 0. The predicted octanol–water partition coefficient (Wildman–Crippen LogP) is 1.69. The number of nitrogens with zero attached hydrogens (tertiary/aromatic N) is 4. The van der Waals surface area contributed by atoms with Crippen LogP contribution in [-0.2, 0) is 0 Å². The molecule has 0 saturated carbocycles. The third-order valence-corrected chi connectivity index (χ3v) is 0.656. The third kappa shape index (κ3) is 9.01. The van der Waals surface area contributed by atoms with E-state index in [4.69, 9.17) is 0 Å². The van der Waals surface area contributed by atoms with Crippen molar-refractivity contribution in [3.63, 3.8) is 0 Å². The topological polar surface area (TPSA) is 37.1 Å². The van der Waals surface area contributed by atoms with Gasteiger partial charge in [-0.05, 0) is 0 Å². The van der Waals surface area contributed by atoms with Crippen molar-refractivity contribution in [2.24, 2.45) is 15.5 Å². The van der Waals surface area contributed by atoms with Gasteiger partial charge in [-0.2, -0.15) is 0 Å². The monoisotopic (exact) mass is 186 g/mol. The highest BCUT2D eigenvalue weighted by atomic mass is 19.5. The SMILES string of the molecule is C[N+]1(C)C=NN=N1.F[B-](F)(F)F. The number of hydrogen-bond donors (Lipinski definition) is 0. The second-order valence-corrected chi connectivity index (χ2v) is 2.38. The average Bonchev–Trinajstić information content (AvgIpc) is 2.08. The molecule has 0 aromatic rings. The summed E-state index contributed by atoms with van der Waals surface area (Å²) < 4.78 is 39.4. The van der Waals surface area contributed by atoms with Crippen LogP contribution in [0, 0.1) is 0 Å². The van der Waals surface area contributed by atoms with E-state index in [1.165, 1.54) is 0 Å². The highest BCUT2D eigenvalue weighted by Gasteiger charge is 2.20. The zero-order valence-electron chi connectivity index (χ0n) is 6.46. The van der Waals surface area contributed by atoms with Crippen molar-refractivity contribution in [2.45, 2.75) is 0 Å². The highest BCUT2D eigenvalue weighted by Crippen LogP contribution is 2.06. The molecule has 0 N–H and O–H groups in total. The van der Waals surface area contributed by atoms with Crippen molar-refractivity contribution in [3.05, 3.63) is 0 Å². The molecule has 0 aromatic carbocycles. The van der Waals surface area contributed by atoms with E-state index in [1.54, 1.807) is 6.34 Å². The van der Waals surface area contributed by atoms with Crippen LogP contribution in [0.2, 0.25) is 0 Å². The Morgan fingerprint density at radius 3 is 1.67 bits per heavy atom. The number of hydrogen-bond acceptors (Lipinski definition) is 3. The maximum Gasteiger partial charge on any atom is 0.673 e. The van der Waals surface area contributed by atoms with Crippen LogP contribution >= 0.6 is 0 Å². The van der Waals surface area contributed by atoms with Gasteiger partial charge in [-0.25, -0.2) is 0 Å². The summed E-state index contributed by atoms with van der Waals surface area (Å²) in [5, 5.41) is 10.7. The first kappa shape index (κ1) is 11.0. The van der Waals surface area contributed by atoms with E-state index < -0.39 is 7.25 Å². The minimum Gasteiger partial charge on any atom is -0.418 e. The molecule has 0 atom stereocenters. The van der Waals surface area contributed by atoms with Gasteiger partial charge < -0.3 is 17.3 Å². The molecular weight excluding hydrogens is 179 g/mol. The van der Waals surface area contributed by atoms with Crippen LogP contribution in [0.5, 0.6) is 0 Å². The molecule has 0 fully saturated rings. The molecule has 70 valence electrons. The van der Waals surface area contributed by atoms with Crippen LogP contribution in [0.25, 0.3) is 0 Å². The molecule has 0 spiro atoms. The van der Waals surface area contributed by atoms with Gasteiger partial charge in [0.2, 0.25) is 6.34 Å². The molecule has 0 radical (unpaired) electrons. The summed E-state index contributed by atoms with van der Waals surface area (Å²) in [6.45, 7) is 0. The van der Waals surface area contributed by atoms with Gasteiger partial charge in [0.15, 0.2) is 0 Å². The van der Waals surface area contributed by atoms with E-state index in [0.717, 1.165) is 0 Å². The number of quaternary nitrogens is 1. The van der Waals surface area contributed by atoms with Crippen molar-refractivity contribution in [1.29, 1.82) is 0 Å². The molecule has 1 heterocycles. The summed E-state index contributed by atoms with van der Waals surface area (Å²) in [7, 11) is -2.22. The average molecular weight is 186 g/mol. The van der Waals surface area contributed by atoms with E-state index in [9.17, 15) is 17.3 Å². The Bertz CT molecular complexity index is 177. The van der Waals surface area contributed by atoms with Gasteiger partial charge in [0, 0.05) is 5.22 Å². The molecule has 9 heteroatoms. The van der Waals surface area contributed by atoms with Crippen LogP contribution in [0.15, 0.2) is 15.5 Å². The van der Waals surface area contributed by atoms with Crippen LogP contribution in [0.4, 0.5) is 17.3 Å². The van der Waals surface area contributed by atoms with Gasteiger partial charge in [0.05, 0.1) is 5.22 Å². The van der Waals surface area contributed by atoms with Gasteiger partial charge in [-0.15, -0.1) is 4.59 Å². The summed E-state index contributed by atoms with van der Waals surface area (Å²) >= 11 is 0. The van der Waals surface area contributed by atoms with E-state index in [0.29, 0.717) is 4.59 Å². The van der Waals surface area contributed by atoms with E-state index >= 15 is 0 Å². The van der Waals surface area contributed by atoms with Crippen LogP contribution < -0.4 is 0 Å². The maximum absolute atomic E-state index is 9.75. The van der Waals surface area contributed by atoms with Crippen molar-refractivity contribution < 1.29 is 21.9 Å². The quantitative estimate of drug-likeness (QED) is 0.313. The molecule has 4 nitrogen and oxygen atoms in total. The first-order chi connectivity index (χ1) is 5.21. The fraction of sp³-hybridized carbons (Fsp3) is 0.667. The van der Waals surface area contributed by atoms with E-state index in [-0.39, 0.29) is 0 Å². The van der Waals surface area contributed by atoms with Gasteiger partial charge in [-0.3, -0.25) is 0 Å². The maximum atomic E-state index is 9.75. The first-order valence-electron chi connectivity index (χ1n) is 2.88. The Kier molecular flexibility index (Phi) is 3.31. The predicted molar refractivity (Wildman–Crippen MR) is 35.6 cm³/mol. The molecule has 1 aliphatic heterocycles. The number of halogens is 4. The minimum atomic E-state index is -6.00. The molecule has 1 rings (SSSR count).